The van der Waals surface area contributed by atoms with Gasteiger partial charge >= 0.3 is 0 Å². The van der Waals surface area contributed by atoms with Crippen LogP contribution in [0.4, 0.5) is 8.78 Å². The highest BCUT2D eigenvalue weighted by Crippen LogP contribution is 2.34. The Morgan fingerprint density at radius 2 is 1.83 bits per heavy atom. The van der Waals surface area contributed by atoms with Gasteiger partial charge in [0.1, 0.15) is 11.6 Å². The lowest BCUT2D eigenvalue weighted by Crippen LogP contribution is -1.99. The number of rotatable bonds is 2. The Bertz CT molecular complexity index is 582. The summed E-state index contributed by atoms with van der Waals surface area (Å²) in [6, 6.07) is 9.90. The van der Waals surface area contributed by atoms with Crippen LogP contribution < -0.4 is 0 Å². The Morgan fingerprint density at radius 3 is 2.50 bits per heavy atom. The van der Waals surface area contributed by atoms with Crippen LogP contribution >= 0.6 is 31.9 Å². The number of hydrogen-bond donors (Lipinski definition) is 0. The molecule has 0 heterocycles. The topological polar surface area (TPSA) is 0 Å². The third kappa shape index (κ3) is 2.64. The summed E-state index contributed by atoms with van der Waals surface area (Å²) in [6.45, 7) is 1.72. The van der Waals surface area contributed by atoms with E-state index in [9.17, 15) is 8.78 Å². The zero-order valence-corrected chi connectivity index (χ0v) is 12.7. The summed E-state index contributed by atoms with van der Waals surface area (Å²) in [5.41, 5.74) is 1.94. The lowest BCUT2D eigenvalue weighted by Gasteiger charge is -2.13. The number of benzene rings is 2. The molecule has 0 fully saturated rings. The predicted molar refractivity (Wildman–Crippen MR) is 76.0 cm³/mol. The molecular weight excluding hydrogens is 366 g/mol. The van der Waals surface area contributed by atoms with E-state index in [0.29, 0.717) is 15.6 Å². The average molecular weight is 376 g/mol. The van der Waals surface area contributed by atoms with Crippen molar-refractivity contribution in [1.82, 2.24) is 0 Å². The fraction of sp³-hybridized carbons (Fsp3) is 0.143. The summed E-state index contributed by atoms with van der Waals surface area (Å²) >= 11 is 6.58. The van der Waals surface area contributed by atoms with Crippen LogP contribution in [0.15, 0.2) is 40.9 Å². The second-order valence-corrected chi connectivity index (χ2v) is 5.78. The second kappa shape index (κ2) is 5.49. The lowest BCUT2D eigenvalue weighted by atomic mass is 10.0. The highest BCUT2D eigenvalue weighted by Gasteiger charge is 2.16. The van der Waals surface area contributed by atoms with Gasteiger partial charge in [-0.1, -0.05) is 40.2 Å². The first-order chi connectivity index (χ1) is 8.50. The average Bonchev–Trinajstić information content (AvgIpc) is 2.35. The van der Waals surface area contributed by atoms with Gasteiger partial charge in [0.25, 0.3) is 0 Å². The standard InChI is InChI=1S/C14H10Br2F2/c1-8-3-2-4-10(14(8)18)13(16)9-5-6-12(17)11(15)7-9/h2-7,13H,1H3. The minimum atomic E-state index is -0.330. The smallest absolute Gasteiger partial charge is 0.137 e. The van der Waals surface area contributed by atoms with Gasteiger partial charge < -0.3 is 0 Å². The number of hydrogen-bond acceptors (Lipinski definition) is 0. The minimum Gasteiger partial charge on any atom is -0.206 e. The van der Waals surface area contributed by atoms with E-state index in [1.54, 1.807) is 37.3 Å². The van der Waals surface area contributed by atoms with Gasteiger partial charge in [-0.3, -0.25) is 0 Å². The van der Waals surface area contributed by atoms with E-state index in [0.717, 1.165) is 5.56 Å². The van der Waals surface area contributed by atoms with Crippen molar-refractivity contribution in [2.75, 3.05) is 0 Å². The fourth-order valence-electron chi connectivity index (χ4n) is 1.72. The predicted octanol–water partition coefficient (Wildman–Crippen LogP) is 5.52. The Hall–Kier alpha value is -0.740. The largest absolute Gasteiger partial charge is 0.206 e. The molecule has 0 nitrogen and oxygen atoms in total. The first kappa shape index (κ1) is 13.7. The molecule has 4 heteroatoms. The number of halogens is 4. The maximum Gasteiger partial charge on any atom is 0.137 e. The van der Waals surface area contributed by atoms with Crippen molar-refractivity contribution in [2.45, 2.75) is 11.8 Å². The molecule has 2 rings (SSSR count). The van der Waals surface area contributed by atoms with Gasteiger partial charge in [-0.15, -0.1) is 0 Å². The third-order valence-electron chi connectivity index (χ3n) is 2.73. The van der Waals surface area contributed by atoms with Gasteiger partial charge in [0, 0.05) is 5.56 Å². The molecule has 0 aliphatic carbocycles. The van der Waals surface area contributed by atoms with Crippen molar-refractivity contribution >= 4 is 31.9 Å². The molecule has 0 saturated heterocycles. The summed E-state index contributed by atoms with van der Waals surface area (Å²) in [5.74, 6) is -0.567. The lowest BCUT2D eigenvalue weighted by molar-refractivity contribution is 0.603. The maximum absolute atomic E-state index is 14.0. The number of alkyl halides is 1. The molecule has 0 aliphatic heterocycles. The molecular formula is C14H10Br2F2. The minimum absolute atomic E-state index is 0.236. The molecule has 0 saturated carbocycles. The first-order valence-electron chi connectivity index (χ1n) is 5.34. The molecule has 0 radical (unpaired) electrons. The van der Waals surface area contributed by atoms with Gasteiger partial charge in [-0.25, -0.2) is 8.78 Å². The second-order valence-electron chi connectivity index (χ2n) is 4.01. The Balaban J connectivity index is 2.44. The van der Waals surface area contributed by atoms with E-state index < -0.39 is 0 Å². The molecule has 0 amide bonds. The van der Waals surface area contributed by atoms with Crippen LogP contribution in [-0.4, -0.2) is 0 Å². The molecule has 2 aromatic carbocycles. The Labute approximate surface area is 121 Å². The van der Waals surface area contributed by atoms with Gasteiger partial charge in [-0.05, 0) is 46.1 Å². The maximum atomic E-state index is 14.0. The molecule has 0 bridgehead atoms. The van der Waals surface area contributed by atoms with Crippen molar-refractivity contribution in [3.8, 4) is 0 Å². The van der Waals surface area contributed by atoms with E-state index in [4.69, 9.17) is 0 Å². The van der Waals surface area contributed by atoms with Gasteiger partial charge in [-0.2, -0.15) is 0 Å². The van der Waals surface area contributed by atoms with Crippen LogP contribution in [0.2, 0.25) is 0 Å². The molecule has 0 aromatic heterocycles. The molecule has 1 atom stereocenters. The van der Waals surface area contributed by atoms with E-state index in [1.165, 1.54) is 6.07 Å². The Kier molecular flexibility index (Phi) is 4.17. The van der Waals surface area contributed by atoms with Crippen LogP contribution in [-0.2, 0) is 0 Å². The quantitative estimate of drug-likeness (QED) is 0.606. The van der Waals surface area contributed by atoms with Crippen LogP contribution in [0, 0.1) is 18.6 Å². The zero-order chi connectivity index (χ0) is 13.3. The summed E-state index contributed by atoms with van der Waals surface area (Å²) in [5, 5.41) is 0. The van der Waals surface area contributed by atoms with Gasteiger partial charge in [0.05, 0.1) is 9.30 Å². The van der Waals surface area contributed by atoms with Crippen LogP contribution in [0.3, 0.4) is 0 Å². The molecule has 94 valence electrons. The van der Waals surface area contributed by atoms with Crippen molar-refractivity contribution in [1.29, 1.82) is 0 Å². The summed E-state index contributed by atoms with van der Waals surface area (Å²) in [6.07, 6.45) is 0. The molecule has 0 N–H and O–H groups in total. The summed E-state index contributed by atoms with van der Waals surface area (Å²) in [7, 11) is 0. The highest BCUT2D eigenvalue weighted by atomic mass is 79.9. The van der Waals surface area contributed by atoms with E-state index in [2.05, 4.69) is 31.9 Å². The highest BCUT2D eigenvalue weighted by molar-refractivity contribution is 9.10. The van der Waals surface area contributed by atoms with E-state index in [-0.39, 0.29) is 16.5 Å². The van der Waals surface area contributed by atoms with Gasteiger partial charge in [0.15, 0.2) is 0 Å². The molecule has 0 aliphatic rings. The van der Waals surface area contributed by atoms with Gasteiger partial charge in [0.2, 0.25) is 0 Å². The van der Waals surface area contributed by atoms with Crippen molar-refractivity contribution in [2.24, 2.45) is 0 Å². The third-order valence-corrected chi connectivity index (χ3v) is 4.36. The van der Waals surface area contributed by atoms with Crippen LogP contribution in [0.5, 0.6) is 0 Å². The van der Waals surface area contributed by atoms with Crippen molar-refractivity contribution < 1.29 is 8.78 Å². The summed E-state index contributed by atoms with van der Waals surface area (Å²) in [4.78, 5) is -0.297. The fourth-order valence-corrected chi connectivity index (χ4v) is 2.75. The molecule has 18 heavy (non-hydrogen) atoms. The molecule has 2 aromatic rings. The normalized spacial score (nSPS) is 12.5. The Morgan fingerprint density at radius 1 is 1.11 bits per heavy atom. The van der Waals surface area contributed by atoms with Crippen LogP contribution in [0.1, 0.15) is 21.5 Å². The summed E-state index contributed by atoms with van der Waals surface area (Å²) < 4.78 is 27.5. The van der Waals surface area contributed by atoms with Crippen molar-refractivity contribution in [3.05, 3.63) is 69.2 Å². The van der Waals surface area contributed by atoms with Crippen LogP contribution in [0.25, 0.3) is 0 Å². The first-order valence-corrected chi connectivity index (χ1v) is 7.05. The molecule has 1 unspecified atom stereocenters. The van der Waals surface area contributed by atoms with Crippen molar-refractivity contribution in [3.63, 3.8) is 0 Å². The monoisotopic (exact) mass is 374 g/mol. The number of aryl methyl sites for hydroxylation is 1. The SMILES string of the molecule is Cc1cccc(C(Br)c2ccc(F)c(Br)c2)c1F. The van der Waals surface area contributed by atoms with E-state index >= 15 is 0 Å². The van der Waals surface area contributed by atoms with E-state index in [1.807, 2.05) is 0 Å². The molecule has 0 spiro atoms. The zero-order valence-electron chi connectivity index (χ0n) is 9.55.